The zero-order chi connectivity index (χ0) is 22.9. The number of para-hydroxylation sites is 2. The number of nitrogens with zero attached hydrogens (tertiary/aromatic N) is 4. The fraction of sp³-hybridized carbons (Fsp3) is 0.167. The highest BCUT2D eigenvalue weighted by molar-refractivity contribution is 7.98. The molecule has 3 aromatic heterocycles. The molecule has 0 radical (unpaired) electrons. The van der Waals surface area contributed by atoms with Gasteiger partial charge in [0.25, 0.3) is 11.4 Å². The normalized spacial score (nSPS) is 11.4. The quantitative estimate of drug-likeness (QED) is 0.227. The first-order valence-corrected chi connectivity index (χ1v) is 12.2. The number of hydrogen-bond acceptors (Lipinski definition) is 7. The van der Waals surface area contributed by atoms with Gasteiger partial charge in [0.1, 0.15) is 5.82 Å². The maximum Gasteiger partial charge on any atom is 0.266 e. The first-order valence-electron chi connectivity index (χ1n) is 10.4. The van der Waals surface area contributed by atoms with Crippen LogP contribution < -0.4 is 5.56 Å². The van der Waals surface area contributed by atoms with Crippen molar-refractivity contribution in [3.63, 3.8) is 0 Å². The Labute approximate surface area is 197 Å². The van der Waals surface area contributed by atoms with E-state index in [1.165, 1.54) is 32.8 Å². The van der Waals surface area contributed by atoms with Crippen LogP contribution in [0.3, 0.4) is 0 Å². The SMILES string of the molecule is CCc1sc(-c2nnc(CSc3nc4ccccc4c(=O)n3-c3ccccc3F)o2)cc1C. The van der Waals surface area contributed by atoms with Crippen molar-refractivity contribution in [1.82, 2.24) is 19.7 Å². The third-order valence-corrected chi connectivity index (χ3v) is 7.48. The molecule has 5 rings (SSSR count). The van der Waals surface area contributed by atoms with Crippen LogP contribution in [0, 0.1) is 12.7 Å². The van der Waals surface area contributed by atoms with E-state index in [1.54, 1.807) is 47.7 Å². The second-order valence-corrected chi connectivity index (χ2v) is 9.44. The molecular weight excluding hydrogens is 459 g/mol. The average Bonchev–Trinajstić information content (AvgIpc) is 3.45. The number of fused-ring (bicyclic) bond motifs is 1. The van der Waals surface area contributed by atoms with Gasteiger partial charge in [-0.1, -0.05) is 43.0 Å². The van der Waals surface area contributed by atoms with Gasteiger partial charge in [0, 0.05) is 4.88 Å². The predicted molar refractivity (Wildman–Crippen MR) is 129 cm³/mol. The van der Waals surface area contributed by atoms with Crippen LogP contribution in [0.4, 0.5) is 4.39 Å². The third kappa shape index (κ3) is 4.09. The minimum absolute atomic E-state index is 0.149. The van der Waals surface area contributed by atoms with Crippen molar-refractivity contribution in [1.29, 1.82) is 0 Å². The summed E-state index contributed by atoms with van der Waals surface area (Å²) in [6.07, 6.45) is 0.953. The number of thioether (sulfide) groups is 1. The molecule has 0 saturated heterocycles. The molecule has 0 N–H and O–H groups in total. The molecule has 6 nitrogen and oxygen atoms in total. The van der Waals surface area contributed by atoms with Gasteiger partial charge in [-0.15, -0.1) is 21.5 Å². The number of hydrogen-bond donors (Lipinski definition) is 0. The van der Waals surface area contributed by atoms with Gasteiger partial charge in [0.05, 0.1) is 27.2 Å². The van der Waals surface area contributed by atoms with Crippen molar-refractivity contribution in [3.05, 3.63) is 87.1 Å². The number of aromatic nitrogens is 4. The summed E-state index contributed by atoms with van der Waals surface area (Å²) in [6, 6.07) is 15.2. The molecule has 0 saturated carbocycles. The van der Waals surface area contributed by atoms with Gasteiger partial charge in [0.15, 0.2) is 5.16 Å². The lowest BCUT2D eigenvalue weighted by Gasteiger charge is -2.13. The second kappa shape index (κ2) is 8.92. The lowest BCUT2D eigenvalue weighted by atomic mass is 10.2. The highest BCUT2D eigenvalue weighted by Crippen LogP contribution is 2.32. The van der Waals surface area contributed by atoms with E-state index in [1.807, 2.05) is 6.07 Å². The van der Waals surface area contributed by atoms with Crippen LogP contribution in [0.2, 0.25) is 0 Å². The van der Waals surface area contributed by atoms with E-state index >= 15 is 0 Å². The molecule has 0 amide bonds. The Morgan fingerprint density at radius 3 is 2.70 bits per heavy atom. The minimum Gasteiger partial charge on any atom is -0.419 e. The molecule has 3 heterocycles. The summed E-state index contributed by atoms with van der Waals surface area (Å²) in [6.45, 7) is 4.18. The number of aryl methyl sites for hydroxylation is 2. The van der Waals surface area contributed by atoms with E-state index in [9.17, 15) is 9.18 Å². The van der Waals surface area contributed by atoms with E-state index in [2.05, 4.69) is 35.1 Å². The number of benzene rings is 2. The standard InChI is InChI=1S/C24H19FN4O2S2/c1-3-19-14(2)12-20(33-19)22-28-27-21(31-22)13-32-24-26-17-10-6-4-8-15(17)23(30)29(24)18-11-7-5-9-16(18)25/h4-12H,3,13H2,1-2H3. The van der Waals surface area contributed by atoms with Crippen molar-refractivity contribution in [2.45, 2.75) is 31.2 Å². The molecule has 33 heavy (non-hydrogen) atoms. The van der Waals surface area contributed by atoms with E-state index in [0.29, 0.717) is 27.8 Å². The van der Waals surface area contributed by atoms with E-state index in [0.717, 1.165) is 11.3 Å². The zero-order valence-electron chi connectivity index (χ0n) is 17.9. The second-order valence-electron chi connectivity index (χ2n) is 7.36. The molecule has 0 aliphatic carbocycles. The fourth-order valence-electron chi connectivity index (χ4n) is 3.57. The van der Waals surface area contributed by atoms with Crippen LogP contribution in [-0.2, 0) is 12.2 Å². The van der Waals surface area contributed by atoms with Gasteiger partial charge in [-0.3, -0.25) is 9.36 Å². The molecule has 2 aromatic carbocycles. The largest absolute Gasteiger partial charge is 0.419 e. The van der Waals surface area contributed by atoms with Gasteiger partial charge in [-0.05, 0) is 49.2 Å². The smallest absolute Gasteiger partial charge is 0.266 e. The Bertz CT molecular complexity index is 1520. The summed E-state index contributed by atoms with van der Waals surface area (Å²) >= 11 is 2.89. The summed E-state index contributed by atoms with van der Waals surface area (Å²) in [4.78, 5) is 20.1. The summed E-state index contributed by atoms with van der Waals surface area (Å²) in [5.41, 5.74) is 1.57. The van der Waals surface area contributed by atoms with Crippen molar-refractivity contribution >= 4 is 34.0 Å². The molecule has 166 valence electrons. The highest BCUT2D eigenvalue weighted by atomic mass is 32.2. The summed E-state index contributed by atoms with van der Waals surface area (Å²) < 4.78 is 21.8. The first kappa shape index (κ1) is 21.5. The topological polar surface area (TPSA) is 73.8 Å². The average molecular weight is 479 g/mol. The third-order valence-electron chi connectivity index (χ3n) is 5.18. The first-order chi connectivity index (χ1) is 16.0. The maximum atomic E-state index is 14.6. The van der Waals surface area contributed by atoms with Gasteiger partial charge >= 0.3 is 0 Å². The van der Waals surface area contributed by atoms with E-state index < -0.39 is 5.82 Å². The van der Waals surface area contributed by atoms with Gasteiger partial charge in [-0.25, -0.2) is 9.37 Å². The Kier molecular flexibility index (Phi) is 5.82. The van der Waals surface area contributed by atoms with Crippen LogP contribution in [0.5, 0.6) is 0 Å². The van der Waals surface area contributed by atoms with Crippen LogP contribution in [0.1, 0.15) is 23.3 Å². The van der Waals surface area contributed by atoms with Crippen molar-refractivity contribution < 1.29 is 8.81 Å². The number of rotatable bonds is 6. The molecule has 0 aliphatic rings. The van der Waals surface area contributed by atoms with Crippen molar-refractivity contribution in [3.8, 4) is 16.5 Å². The van der Waals surface area contributed by atoms with Crippen LogP contribution in [-0.4, -0.2) is 19.7 Å². The molecule has 0 spiro atoms. The van der Waals surface area contributed by atoms with Crippen molar-refractivity contribution in [2.75, 3.05) is 0 Å². The van der Waals surface area contributed by atoms with Gasteiger partial charge in [-0.2, -0.15) is 0 Å². The van der Waals surface area contributed by atoms with E-state index in [-0.39, 0.29) is 17.0 Å². The van der Waals surface area contributed by atoms with Gasteiger partial charge < -0.3 is 4.42 Å². The number of thiophene rings is 1. The van der Waals surface area contributed by atoms with Crippen LogP contribution in [0.15, 0.2) is 69.0 Å². The summed E-state index contributed by atoms with van der Waals surface area (Å²) in [7, 11) is 0. The Hall–Kier alpha value is -3.30. The number of halogens is 1. The summed E-state index contributed by atoms with van der Waals surface area (Å²) in [5.74, 6) is 0.661. The predicted octanol–water partition coefficient (Wildman–Crippen LogP) is 5.80. The van der Waals surface area contributed by atoms with Crippen LogP contribution in [0.25, 0.3) is 27.4 Å². The molecular formula is C24H19FN4O2S2. The lowest BCUT2D eigenvalue weighted by molar-refractivity contribution is 0.529. The zero-order valence-corrected chi connectivity index (χ0v) is 19.5. The van der Waals surface area contributed by atoms with Crippen LogP contribution >= 0.6 is 23.1 Å². The molecule has 9 heteroatoms. The van der Waals surface area contributed by atoms with Gasteiger partial charge in [0.2, 0.25) is 5.89 Å². The molecule has 0 unspecified atom stereocenters. The summed E-state index contributed by atoms with van der Waals surface area (Å²) in [5, 5.41) is 9.11. The maximum absolute atomic E-state index is 14.6. The molecule has 0 fully saturated rings. The lowest BCUT2D eigenvalue weighted by Crippen LogP contribution is -2.22. The fourth-order valence-corrected chi connectivity index (χ4v) is 5.45. The monoisotopic (exact) mass is 478 g/mol. The Morgan fingerprint density at radius 1 is 1.12 bits per heavy atom. The molecule has 5 aromatic rings. The highest BCUT2D eigenvalue weighted by Gasteiger charge is 2.18. The molecule has 0 aliphatic heterocycles. The molecule has 0 atom stereocenters. The molecule has 0 bridgehead atoms. The Morgan fingerprint density at radius 2 is 1.91 bits per heavy atom. The Balaban J connectivity index is 1.50. The van der Waals surface area contributed by atoms with E-state index in [4.69, 9.17) is 4.42 Å². The van der Waals surface area contributed by atoms with Crippen molar-refractivity contribution in [2.24, 2.45) is 0 Å². The minimum atomic E-state index is -0.501.